The summed E-state index contributed by atoms with van der Waals surface area (Å²) in [4.78, 5) is 10.1. The van der Waals surface area contributed by atoms with Crippen LogP contribution in [0.5, 0.6) is 5.75 Å². The van der Waals surface area contributed by atoms with Crippen LogP contribution in [-0.2, 0) is 4.79 Å². The molecule has 88 valence electrons. The molecule has 0 saturated carbocycles. The van der Waals surface area contributed by atoms with Crippen molar-refractivity contribution in [2.45, 2.75) is 12.5 Å². The largest absolute Gasteiger partial charge is 0.461 e. The van der Waals surface area contributed by atoms with E-state index in [1.807, 2.05) is 0 Å². The van der Waals surface area contributed by atoms with Crippen LogP contribution in [0.1, 0.15) is 0 Å². The zero-order valence-corrected chi connectivity index (χ0v) is 7.79. The van der Waals surface area contributed by atoms with Crippen molar-refractivity contribution >= 4 is 12.1 Å². The second-order valence-corrected chi connectivity index (χ2v) is 2.72. The molecule has 1 N–H and O–H groups in total. The quantitative estimate of drug-likeness (QED) is 0.631. The van der Waals surface area contributed by atoms with Crippen molar-refractivity contribution in [3.63, 3.8) is 0 Å². The molecule has 0 aromatic heterocycles. The Bertz CT molecular complexity index is 370. The van der Waals surface area contributed by atoms with Gasteiger partial charge in [0.2, 0.25) is 6.41 Å². The Morgan fingerprint density at radius 2 is 1.94 bits per heavy atom. The van der Waals surface area contributed by atoms with Crippen molar-refractivity contribution in [1.82, 2.24) is 0 Å². The normalized spacial score (nSPS) is 11.3. The Labute approximate surface area is 88.0 Å². The summed E-state index contributed by atoms with van der Waals surface area (Å²) in [5.41, 5.74) is -0.113. The second kappa shape index (κ2) is 4.82. The molecule has 7 heteroatoms. The third-order valence-electron chi connectivity index (χ3n) is 1.60. The van der Waals surface area contributed by atoms with Crippen LogP contribution in [0.15, 0.2) is 24.3 Å². The lowest BCUT2D eigenvalue weighted by Gasteiger charge is -2.18. The summed E-state index contributed by atoms with van der Waals surface area (Å²) in [6.07, 6.45) is -8.32. The van der Waals surface area contributed by atoms with Crippen molar-refractivity contribution in [1.29, 1.82) is 0 Å². The number of halogens is 4. The van der Waals surface area contributed by atoms with Gasteiger partial charge in [-0.2, -0.15) is 17.6 Å². The number of carbonyl (C=O) groups is 1. The van der Waals surface area contributed by atoms with Gasteiger partial charge in [-0.25, -0.2) is 0 Å². The van der Waals surface area contributed by atoms with Crippen molar-refractivity contribution < 1.29 is 27.1 Å². The van der Waals surface area contributed by atoms with Gasteiger partial charge in [0.05, 0.1) is 5.69 Å². The van der Waals surface area contributed by atoms with Gasteiger partial charge in [0.15, 0.2) is 0 Å². The van der Waals surface area contributed by atoms with Gasteiger partial charge in [0.1, 0.15) is 5.75 Å². The van der Waals surface area contributed by atoms with E-state index < -0.39 is 18.3 Å². The van der Waals surface area contributed by atoms with Gasteiger partial charge in [0, 0.05) is 0 Å². The number of amides is 1. The molecule has 0 aliphatic carbocycles. The average Bonchev–Trinajstić information content (AvgIpc) is 2.20. The Morgan fingerprint density at radius 3 is 2.50 bits per heavy atom. The van der Waals surface area contributed by atoms with Gasteiger partial charge in [0.25, 0.3) is 0 Å². The van der Waals surface area contributed by atoms with E-state index in [-0.39, 0.29) is 12.1 Å². The zero-order valence-electron chi connectivity index (χ0n) is 7.79. The van der Waals surface area contributed by atoms with Gasteiger partial charge >= 0.3 is 12.5 Å². The number of nitrogens with one attached hydrogen (secondary N) is 1. The summed E-state index contributed by atoms with van der Waals surface area (Å²) in [5.74, 6) is -0.528. The maximum absolute atomic E-state index is 12.6. The minimum atomic E-state index is -4.60. The van der Waals surface area contributed by atoms with E-state index in [1.54, 1.807) is 0 Å². The maximum atomic E-state index is 12.6. The number of ether oxygens (including phenoxy) is 1. The van der Waals surface area contributed by atoms with E-state index in [0.717, 1.165) is 6.07 Å². The molecule has 1 amide bonds. The van der Waals surface area contributed by atoms with Crippen LogP contribution in [0.2, 0.25) is 0 Å². The second-order valence-electron chi connectivity index (χ2n) is 2.72. The molecule has 3 nitrogen and oxygen atoms in total. The van der Waals surface area contributed by atoms with Crippen LogP contribution in [-0.4, -0.2) is 18.9 Å². The average molecular weight is 237 g/mol. The number of rotatable bonds is 5. The number of anilines is 1. The molecule has 1 aromatic carbocycles. The Morgan fingerprint density at radius 1 is 1.31 bits per heavy atom. The van der Waals surface area contributed by atoms with Gasteiger partial charge in [-0.05, 0) is 12.1 Å². The molecule has 1 aromatic rings. The van der Waals surface area contributed by atoms with E-state index in [9.17, 15) is 22.4 Å². The van der Waals surface area contributed by atoms with E-state index in [4.69, 9.17) is 0 Å². The zero-order chi connectivity index (χ0) is 12.2. The van der Waals surface area contributed by atoms with E-state index >= 15 is 0 Å². The van der Waals surface area contributed by atoms with E-state index in [1.165, 1.54) is 18.2 Å². The molecule has 0 aliphatic rings. The molecule has 0 saturated heterocycles. The summed E-state index contributed by atoms with van der Waals surface area (Å²) in [5, 5.41) is 2.05. The summed E-state index contributed by atoms with van der Waals surface area (Å²) in [6.45, 7) is 0. The number of para-hydroxylation sites is 2. The van der Waals surface area contributed by atoms with Crippen molar-refractivity contribution in [2.75, 3.05) is 5.32 Å². The lowest BCUT2D eigenvalue weighted by Crippen LogP contribution is -2.33. The van der Waals surface area contributed by atoms with Gasteiger partial charge in [-0.1, -0.05) is 12.1 Å². The number of alkyl halides is 4. The molecule has 0 aliphatic heterocycles. The van der Waals surface area contributed by atoms with Crippen LogP contribution in [0.3, 0.4) is 0 Å². The first-order valence-corrected chi connectivity index (χ1v) is 4.11. The Hall–Kier alpha value is -1.79. The number of hydrogen-bond acceptors (Lipinski definition) is 2. The molecule has 0 heterocycles. The highest BCUT2D eigenvalue weighted by atomic mass is 19.3. The fraction of sp³-hybridized carbons (Fsp3) is 0.222. The van der Waals surface area contributed by atoms with Gasteiger partial charge in [-0.15, -0.1) is 0 Å². The van der Waals surface area contributed by atoms with Gasteiger partial charge in [-0.3, -0.25) is 4.79 Å². The standard InChI is InChI=1S/C9H7F4NO2/c10-8(11)9(12,13)16-7-4-2-1-3-6(7)14-5-15/h1-5,8H,(H,14,15). The summed E-state index contributed by atoms with van der Waals surface area (Å²) < 4.78 is 52.7. The molecule has 0 radical (unpaired) electrons. The summed E-state index contributed by atoms with van der Waals surface area (Å²) in [7, 11) is 0. The minimum Gasteiger partial charge on any atom is -0.426 e. The molecule has 1 rings (SSSR count). The third kappa shape index (κ3) is 2.85. The topological polar surface area (TPSA) is 38.3 Å². The molecular weight excluding hydrogens is 230 g/mol. The Balaban J connectivity index is 2.92. The fourth-order valence-corrected chi connectivity index (χ4v) is 0.930. The van der Waals surface area contributed by atoms with Crippen molar-refractivity contribution in [3.8, 4) is 5.75 Å². The van der Waals surface area contributed by atoms with E-state index in [2.05, 4.69) is 10.1 Å². The molecule has 0 fully saturated rings. The highest BCUT2D eigenvalue weighted by Crippen LogP contribution is 2.32. The van der Waals surface area contributed by atoms with Crippen LogP contribution in [0, 0.1) is 0 Å². The predicted octanol–water partition coefficient (Wildman–Crippen LogP) is 2.49. The number of benzene rings is 1. The first kappa shape index (κ1) is 12.3. The highest BCUT2D eigenvalue weighted by Gasteiger charge is 2.44. The molecule has 0 bridgehead atoms. The Kier molecular flexibility index (Phi) is 3.70. The van der Waals surface area contributed by atoms with Gasteiger partial charge < -0.3 is 10.1 Å². The molecule has 0 unspecified atom stereocenters. The first-order valence-electron chi connectivity index (χ1n) is 4.11. The van der Waals surface area contributed by atoms with Crippen molar-refractivity contribution in [2.24, 2.45) is 0 Å². The van der Waals surface area contributed by atoms with Crippen LogP contribution in [0.4, 0.5) is 23.2 Å². The molecule has 16 heavy (non-hydrogen) atoms. The monoisotopic (exact) mass is 237 g/mol. The fourth-order valence-electron chi connectivity index (χ4n) is 0.930. The lowest BCUT2D eigenvalue weighted by molar-refractivity contribution is -0.252. The number of hydrogen-bond donors (Lipinski definition) is 1. The van der Waals surface area contributed by atoms with Crippen molar-refractivity contribution in [3.05, 3.63) is 24.3 Å². The molecular formula is C9H7F4NO2. The minimum absolute atomic E-state index is 0.113. The maximum Gasteiger partial charge on any atom is 0.461 e. The van der Waals surface area contributed by atoms with Crippen LogP contribution < -0.4 is 10.1 Å². The third-order valence-corrected chi connectivity index (χ3v) is 1.60. The number of carbonyl (C=O) groups excluding carboxylic acids is 1. The lowest BCUT2D eigenvalue weighted by atomic mass is 10.3. The molecule has 0 spiro atoms. The smallest absolute Gasteiger partial charge is 0.426 e. The van der Waals surface area contributed by atoms with E-state index in [0.29, 0.717) is 0 Å². The summed E-state index contributed by atoms with van der Waals surface area (Å²) >= 11 is 0. The van der Waals surface area contributed by atoms with Crippen LogP contribution in [0.25, 0.3) is 0 Å². The highest BCUT2D eigenvalue weighted by molar-refractivity contribution is 5.75. The first-order chi connectivity index (χ1) is 7.47. The molecule has 0 atom stereocenters. The predicted molar refractivity (Wildman–Crippen MR) is 47.7 cm³/mol. The SMILES string of the molecule is O=CNc1ccccc1OC(F)(F)C(F)F. The summed E-state index contributed by atoms with van der Waals surface area (Å²) in [6, 6.07) is 5.03. The van der Waals surface area contributed by atoms with Crippen LogP contribution >= 0.6 is 0 Å².